The van der Waals surface area contributed by atoms with E-state index in [0.29, 0.717) is 11.3 Å². The lowest BCUT2D eigenvalue weighted by molar-refractivity contribution is -0.173. The number of thiazole rings is 1. The molecule has 1 aromatic rings. The maximum atomic E-state index is 13.1. The summed E-state index contributed by atoms with van der Waals surface area (Å²) in [5.74, 6) is -2.68. The first-order valence-corrected chi connectivity index (χ1v) is 13.6. The number of aromatic nitrogens is 1. The number of oxime groups is 1. The van der Waals surface area contributed by atoms with Gasteiger partial charge in [0.2, 0.25) is 12.7 Å². The standard InChI is InChI=1S/C23H30N6O8S2/c1-10-7-38-19-14(18(32)29(19)15(10)20(33)36-9-37-21(34)23(3,4)5)26-17(31)13(28-35-6)12-8-39-22(25-12)27-16(30)11(2)24/h8,11,14,19H,7,9,24H2,1-6H3,(H,26,31)(H,25,27,30)/b28-13-/t11-,14-,19-/m1/s1. The Bertz CT molecular complexity index is 1240. The van der Waals surface area contributed by atoms with Gasteiger partial charge in [-0.25, -0.2) is 9.78 Å². The monoisotopic (exact) mass is 582 g/mol. The van der Waals surface area contributed by atoms with Crippen molar-refractivity contribution in [3.05, 3.63) is 22.3 Å². The number of carbonyl (C=O) groups excluding carboxylic acids is 5. The van der Waals surface area contributed by atoms with Gasteiger partial charge in [-0.1, -0.05) is 5.16 Å². The number of nitrogens with zero attached hydrogens (tertiary/aromatic N) is 3. The number of nitrogens with one attached hydrogen (secondary N) is 2. The number of carbonyl (C=O) groups is 5. The van der Waals surface area contributed by atoms with Crippen LogP contribution in [0.15, 0.2) is 21.8 Å². The average molecular weight is 583 g/mol. The van der Waals surface area contributed by atoms with E-state index < -0.39 is 59.3 Å². The third kappa shape index (κ3) is 6.75. The van der Waals surface area contributed by atoms with Gasteiger partial charge in [0, 0.05) is 11.1 Å². The van der Waals surface area contributed by atoms with E-state index in [1.54, 1.807) is 27.7 Å². The molecule has 1 fully saturated rings. The Morgan fingerprint density at radius 1 is 1.28 bits per heavy atom. The Hall–Kier alpha value is -3.50. The van der Waals surface area contributed by atoms with Crippen LogP contribution < -0.4 is 16.4 Å². The van der Waals surface area contributed by atoms with Crippen molar-refractivity contribution in [2.24, 2.45) is 16.3 Å². The fraction of sp³-hybridized carbons (Fsp3) is 0.522. The van der Waals surface area contributed by atoms with Crippen molar-refractivity contribution in [3.63, 3.8) is 0 Å². The minimum Gasteiger partial charge on any atom is -0.427 e. The van der Waals surface area contributed by atoms with Crippen molar-refractivity contribution >= 4 is 63.6 Å². The molecule has 0 spiro atoms. The summed E-state index contributed by atoms with van der Waals surface area (Å²) in [4.78, 5) is 72.8. The minimum atomic E-state index is -0.963. The van der Waals surface area contributed by atoms with Crippen LogP contribution in [0.2, 0.25) is 0 Å². The fourth-order valence-corrected chi connectivity index (χ4v) is 5.34. The smallest absolute Gasteiger partial charge is 0.357 e. The Labute approximate surface area is 232 Å². The van der Waals surface area contributed by atoms with Crippen molar-refractivity contribution in [2.75, 3.05) is 25.0 Å². The van der Waals surface area contributed by atoms with E-state index >= 15 is 0 Å². The first-order valence-electron chi connectivity index (χ1n) is 11.7. The van der Waals surface area contributed by atoms with Gasteiger partial charge in [-0.05, 0) is 40.2 Å². The van der Waals surface area contributed by atoms with Gasteiger partial charge >= 0.3 is 11.9 Å². The largest absolute Gasteiger partial charge is 0.427 e. The van der Waals surface area contributed by atoms with Crippen LogP contribution in [0.25, 0.3) is 0 Å². The lowest BCUT2D eigenvalue weighted by Gasteiger charge is -2.49. The number of esters is 2. The second-order valence-corrected chi connectivity index (χ2v) is 11.6. The number of thioether (sulfide) groups is 1. The third-order valence-electron chi connectivity index (χ3n) is 5.42. The molecule has 1 aromatic heterocycles. The number of ether oxygens (including phenoxy) is 2. The number of hydrogen-bond acceptors (Lipinski definition) is 13. The van der Waals surface area contributed by atoms with Crippen LogP contribution in [0.3, 0.4) is 0 Å². The van der Waals surface area contributed by atoms with Gasteiger partial charge in [0.25, 0.3) is 11.8 Å². The highest BCUT2D eigenvalue weighted by Gasteiger charge is 2.54. The zero-order chi connectivity index (χ0) is 29.1. The number of fused-ring (bicyclic) bond motifs is 1. The Balaban J connectivity index is 1.67. The number of nitrogens with two attached hydrogens (primary N) is 1. The van der Waals surface area contributed by atoms with E-state index in [1.165, 1.54) is 36.1 Å². The SMILES string of the molecule is CO/N=C(\C(=O)N[C@@H]1C(=O)N2C(C(=O)OCOC(=O)C(C)(C)C)=C(C)CS[C@H]12)c1csc(NC(=O)[C@@H](C)N)n1. The zero-order valence-electron chi connectivity index (χ0n) is 22.2. The number of anilines is 1. The van der Waals surface area contributed by atoms with Gasteiger partial charge in [-0.3, -0.25) is 24.1 Å². The number of hydrogen-bond donors (Lipinski definition) is 3. The van der Waals surface area contributed by atoms with Crippen molar-refractivity contribution < 1.29 is 38.3 Å². The molecule has 3 rings (SSSR count). The maximum Gasteiger partial charge on any atom is 0.357 e. The molecule has 39 heavy (non-hydrogen) atoms. The van der Waals surface area contributed by atoms with E-state index in [-0.39, 0.29) is 22.2 Å². The maximum absolute atomic E-state index is 13.1. The zero-order valence-corrected chi connectivity index (χ0v) is 23.9. The molecule has 3 amide bonds. The molecule has 3 atom stereocenters. The highest BCUT2D eigenvalue weighted by Crippen LogP contribution is 2.40. The molecule has 16 heteroatoms. The molecule has 14 nitrogen and oxygen atoms in total. The first-order chi connectivity index (χ1) is 18.3. The van der Waals surface area contributed by atoms with E-state index in [0.717, 1.165) is 11.3 Å². The average Bonchev–Trinajstić information content (AvgIpc) is 3.32. The van der Waals surface area contributed by atoms with Crippen LogP contribution in [-0.2, 0) is 38.3 Å². The summed E-state index contributed by atoms with van der Waals surface area (Å²) in [6, 6.07) is -1.72. The summed E-state index contributed by atoms with van der Waals surface area (Å²) in [6.45, 7) is 7.60. The van der Waals surface area contributed by atoms with Gasteiger partial charge in [-0.15, -0.1) is 23.1 Å². The summed E-state index contributed by atoms with van der Waals surface area (Å²) in [5, 5.41) is 10.00. The van der Waals surface area contributed by atoms with Crippen molar-refractivity contribution in [1.82, 2.24) is 15.2 Å². The summed E-state index contributed by atoms with van der Waals surface area (Å²) < 4.78 is 10.1. The fourth-order valence-electron chi connectivity index (χ4n) is 3.35. The molecular weight excluding hydrogens is 552 g/mol. The molecule has 0 aliphatic carbocycles. The van der Waals surface area contributed by atoms with Crippen LogP contribution in [0.5, 0.6) is 0 Å². The van der Waals surface area contributed by atoms with Crippen LogP contribution in [0.1, 0.15) is 40.3 Å². The van der Waals surface area contributed by atoms with E-state index in [2.05, 4.69) is 20.8 Å². The van der Waals surface area contributed by atoms with Gasteiger partial charge < -0.3 is 30.7 Å². The predicted molar refractivity (Wildman–Crippen MR) is 142 cm³/mol. The first kappa shape index (κ1) is 30.0. The number of β-lactam (4-membered cyclic amide) rings is 1. The molecule has 2 aliphatic heterocycles. The Kier molecular flexibility index (Phi) is 9.34. The van der Waals surface area contributed by atoms with Crippen LogP contribution in [-0.4, -0.2) is 82.4 Å². The molecule has 1 saturated heterocycles. The molecule has 0 bridgehead atoms. The molecule has 212 valence electrons. The van der Waals surface area contributed by atoms with Crippen LogP contribution >= 0.6 is 23.1 Å². The highest BCUT2D eigenvalue weighted by molar-refractivity contribution is 8.00. The van der Waals surface area contributed by atoms with E-state index in [1.807, 2.05) is 0 Å². The molecule has 3 heterocycles. The minimum absolute atomic E-state index is 0.0425. The van der Waals surface area contributed by atoms with Gasteiger partial charge in [0.1, 0.15) is 29.9 Å². The number of amides is 3. The molecule has 2 aliphatic rings. The summed E-state index contributed by atoms with van der Waals surface area (Å²) >= 11 is 2.41. The second-order valence-electron chi connectivity index (χ2n) is 9.66. The third-order valence-corrected chi connectivity index (χ3v) is 7.60. The Morgan fingerprint density at radius 3 is 2.59 bits per heavy atom. The normalized spacial score (nSPS) is 19.9. The molecular formula is C23H30N6O8S2. The predicted octanol–water partition coefficient (Wildman–Crippen LogP) is 0.543. The summed E-state index contributed by atoms with van der Waals surface area (Å²) in [6.07, 6.45) is 0. The Morgan fingerprint density at radius 2 is 1.97 bits per heavy atom. The van der Waals surface area contributed by atoms with E-state index in [4.69, 9.17) is 20.0 Å². The lowest BCUT2D eigenvalue weighted by atomic mass is 9.98. The molecule has 4 N–H and O–H groups in total. The molecule has 0 aromatic carbocycles. The van der Waals surface area contributed by atoms with Crippen LogP contribution in [0, 0.1) is 5.41 Å². The molecule has 0 radical (unpaired) electrons. The lowest BCUT2D eigenvalue weighted by Crippen LogP contribution is -2.71. The van der Waals surface area contributed by atoms with Crippen molar-refractivity contribution in [3.8, 4) is 0 Å². The van der Waals surface area contributed by atoms with Crippen molar-refractivity contribution in [1.29, 1.82) is 0 Å². The van der Waals surface area contributed by atoms with E-state index in [9.17, 15) is 24.0 Å². The van der Waals surface area contributed by atoms with Gasteiger partial charge in [0.15, 0.2) is 10.8 Å². The molecule has 0 saturated carbocycles. The quantitative estimate of drug-likeness (QED) is 0.121. The molecule has 0 unspecified atom stereocenters. The second kappa shape index (κ2) is 12.1. The summed E-state index contributed by atoms with van der Waals surface area (Å²) in [7, 11) is 1.25. The topological polar surface area (TPSA) is 192 Å². The van der Waals surface area contributed by atoms with Gasteiger partial charge in [-0.2, -0.15) is 0 Å². The van der Waals surface area contributed by atoms with Crippen molar-refractivity contribution in [2.45, 2.75) is 52.1 Å². The summed E-state index contributed by atoms with van der Waals surface area (Å²) in [5.41, 5.74) is 5.32. The highest BCUT2D eigenvalue weighted by atomic mass is 32.2. The van der Waals surface area contributed by atoms with Gasteiger partial charge in [0.05, 0.1) is 11.5 Å². The number of rotatable bonds is 9. The van der Waals surface area contributed by atoms with Crippen LogP contribution in [0.4, 0.5) is 5.13 Å².